The van der Waals surface area contributed by atoms with Crippen LogP contribution in [0.15, 0.2) is 49.3 Å². The van der Waals surface area contributed by atoms with Crippen molar-refractivity contribution in [3.8, 4) is 11.1 Å². The monoisotopic (exact) mass is 436 g/mol. The minimum Gasteiger partial charge on any atom is -0.325 e. The number of aromatic amines is 1. The van der Waals surface area contributed by atoms with E-state index in [0.29, 0.717) is 45.7 Å². The molecule has 4 heterocycles. The van der Waals surface area contributed by atoms with E-state index in [2.05, 4.69) is 30.5 Å². The number of amides is 1. The molecule has 0 atom stereocenters. The van der Waals surface area contributed by atoms with Gasteiger partial charge in [-0.1, -0.05) is 11.6 Å². The number of imidazole rings is 1. The molecule has 1 amide bonds. The van der Waals surface area contributed by atoms with Crippen molar-refractivity contribution in [2.75, 3.05) is 17.3 Å². The Morgan fingerprint density at radius 1 is 1.29 bits per heavy atom. The van der Waals surface area contributed by atoms with Crippen molar-refractivity contribution in [1.29, 1.82) is 0 Å². The summed E-state index contributed by atoms with van der Waals surface area (Å²) >= 11 is 6.55. The Hall–Kier alpha value is -4.05. The Morgan fingerprint density at radius 2 is 2.16 bits per heavy atom. The summed E-state index contributed by atoms with van der Waals surface area (Å²) in [6, 6.07) is 5.21. The number of aromatic nitrogens is 6. The Balaban J connectivity index is 1.71. The molecule has 0 bridgehead atoms. The predicted octanol–water partition coefficient (Wildman–Crippen LogP) is 3.80. The molecule has 0 radical (unpaired) electrons. The summed E-state index contributed by atoms with van der Waals surface area (Å²) in [6.45, 7) is 0. The molecule has 0 unspecified atom stereocenters. The maximum Gasteiger partial charge on any atom is 0.212 e. The van der Waals surface area contributed by atoms with Gasteiger partial charge in [0, 0.05) is 36.0 Å². The lowest BCUT2D eigenvalue weighted by Crippen LogP contribution is -2.14. The zero-order valence-corrected chi connectivity index (χ0v) is 16.8. The van der Waals surface area contributed by atoms with Gasteiger partial charge in [-0.05, 0) is 18.2 Å². The molecule has 11 heteroatoms. The summed E-state index contributed by atoms with van der Waals surface area (Å²) in [5.74, 6) is 0.298. The van der Waals surface area contributed by atoms with Gasteiger partial charge in [-0.25, -0.2) is 19.3 Å². The molecule has 2 N–H and O–H groups in total. The number of pyridine rings is 1. The quantitative estimate of drug-likeness (QED) is 0.406. The van der Waals surface area contributed by atoms with Crippen LogP contribution in [0.3, 0.4) is 0 Å². The second-order valence-corrected chi connectivity index (χ2v) is 7.09. The SMILES string of the molecule is CN(c1ccncn1)c1c(F)c(Cl)c(-c2ccc3nc(NC=O)cn3c2)c2cn[nH]c12. The van der Waals surface area contributed by atoms with E-state index in [-0.39, 0.29) is 10.7 Å². The van der Waals surface area contributed by atoms with E-state index >= 15 is 4.39 Å². The first-order valence-corrected chi connectivity index (χ1v) is 9.49. The first-order chi connectivity index (χ1) is 15.1. The lowest BCUT2D eigenvalue weighted by molar-refractivity contribution is -0.105. The standard InChI is InChI=1S/C20H14ClFN8O/c1-29(14-4-5-23-9-24-14)20-18(22)17(21)16(12-6-26-28-19(12)20)11-2-3-15-27-13(25-10-31)8-30(15)7-11/h2-10H,1H3,(H,25,31)(H,26,28). The van der Waals surface area contributed by atoms with Crippen LogP contribution in [-0.2, 0) is 4.79 Å². The van der Waals surface area contributed by atoms with Crippen molar-refractivity contribution < 1.29 is 9.18 Å². The van der Waals surface area contributed by atoms with Gasteiger partial charge >= 0.3 is 0 Å². The van der Waals surface area contributed by atoms with Crippen molar-refractivity contribution >= 4 is 51.9 Å². The van der Waals surface area contributed by atoms with Crippen molar-refractivity contribution in [3.05, 3.63) is 60.2 Å². The summed E-state index contributed by atoms with van der Waals surface area (Å²) in [4.78, 5) is 24.6. The maximum atomic E-state index is 15.6. The lowest BCUT2D eigenvalue weighted by atomic mass is 10.0. The third kappa shape index (κ3) is 3.04. The van der Waals surface area contributed by atoms with E-state index in [1.54, 1.807) is 59.3 Å². The summed E-state index contributed by atoms with van der Waals surface area (Å²) in [5, 5.41) is 10.1. The number of carbonyl (C=O) groups is 1. The van der Waals surface area contributed by atoms with E-state index in [9.17, 15) is 4.79 Å². The van der Waals surface area contributed by atoms with Crippen LogP contribution in [0.2, 0.25) is 5.02 Å². The molecule has 0 aliphatic rings. The molecule has 0 saturated carbocycles. The highest BCUT2D eigenvalue weighted by atomic mass is 35.5. The fourth-order valence-corrected chi connectivity index (χ4v) is 3.86. The van der Waals surface area contributed by atoms with Gasteiger partial charge in [0.05, 0.1) is 22.9 Å². The second-order valence-electron chi connectivity index (χ2n) is 6.71. The van der Waals surface area contributed by atoms with Gasteiger partial charge in [-0.2, -0.15) is 5.10 Å². The number of benzene rings is 1. The fraction of sp³-hybridized carbons (Fsp3) is 0.0500. The molecule has 4 aromatic heterocycles. The highest BCUT2D eigenvalue weighted by Crippen LogP contribution is 2.43. The molecule has 154 valence electrons. The van der Waals surface area contributed by atoms with E-state index in [4.69, 9.17) is 11.6 Å². The Labute approximate surface area is 179 Å². The average Bonchev–Trinajstić information content (AvgIpc) is 3.41. The zero-order valence-electron chi connectivity index (χ0n) is 16.0. The molecular weight excluding hydrogens is 423 g/mol. The molecule has 0 fully saturated rings. The van der Waals surface area contributed by atoms with E-state index in [1.165, 1.54) is 6.33 Å². The third-order valence-electron chi connectivity index (χ3n) is 4.96. The number of nitrogens with zero attached hydrogens (tertiary/aromatic N) is 6. The molecule has 5 aromatic rings. The minimum atomic E-state index is -0.608. The van der Waals surface area contributed by atoms with E-state index in [1.807, 2.05) is 0 Å². The number of halogens is 2. The fourth-order valence-electron chi connectivity index (χ4n) is 3.56. The number of anilines is 3. The molecule has 0 aliphatic heterocycles. The number of hydrogen-bond donors (Lipinski definition) is 2. The topological polar surface area (TPSA) is 104 Å². The van der Waals surface area contributed by atoms with Gasteiger partial charge in [0.15, 0.2) is 11.6 Å². The molecular formula is C20H14ClFN8O. The first kappa shape index (κ1) is 18.9. The van der Waals surface area contributed by atoms with Crippen molar-refractivity contribution in [2.24, 2.45) is 0 Å². The zero-order chi connectivity index (χ0) is 21.5. The summed E-state index contributed by atoms with van der Waals surface area (Å²) in [6.07, 6.45) is 8.53. The Kier molecular flexibility index (Phi) is 4.48. The number of nitrogens with one attached hydrogen (secondary N) is 2. The van der Waals surface area contributed by atoms with Gasteiger partial charge in [-0.15, -0.1) is 0 Å². The molecule has 0 aliphatic carbocycles. The number of H-pyrrole nitrogens is 1. The van der Waals surface area contributed by atoms with Crippen molar-refractivity contribution in [1.82, 2.24) is 29.5 Å². The third-order valence-corrected chi connectivity index (χ3v) is 5.31. The smallest absolute Gasteiger partial charge is 0.212 e. The molecule has 5 rings (SSSR count). The van der Waals surface area contributed by atoms with Crippen LogP contribution < -0.4 is 10.2 Å². The highest BCUT2D eigenvalue weighted by Gasteiger charge is 2.24. The van der Waals surface area contributed by atoms with Crippen LogP contribution in [-0.4, -0.2) is 43.0 Å². The molecule has 9 nitrogen and oxygen atoms in total. The summed E-state index contributed by atoms with van der Waals surface area (Å²) in [5.41, 5.74) is 2.47. The minimum absolute atomic E-state index is 0.0458. The van der Waals surface area contributed by atoms with Gasteiger partial charge in [0.1, 0.15) is 23.5 Å². The van der Waals surface area contributed by atoms with Crippen molar-refractivity contribution in [3.63, 3.8) is 0 Å². The maximum absolute atomic E-state index is 15.6. The number of rotatable bonds is 5. The largest absolute Gasteiger partial charge is 0.325 e. The van der Waals surface area contributed by atoms with Gasteiger partial charge in [-0.3, -0.25) is 9.89 Å². The number of fused-ring (bicyclic) bond motifs is 2. The van der Waals surface area contributed by atoms with Crippen LogP contribution in [0.4, 0.5) is 21.7 Å². The van der Waals surface area contributed by atoms with Gasteiger partial charge in [0.2, 0.25) is 6.41 Å². The van der Waals surface area contributed by atoms with Crippen LogP contribution in [0.25, 0.3) is 27.7 Å². The van der Waals surface area contributed by atoms with E-state index in [0.717, 1.165) is 0 Å². The normalized spacial score (nSPS) is 11.2. The van der Waals surface area contributed by atoms with Crippen LogP contribution in [0, 0.1) is 5.82 Å². The molecule has 1 aromatic carbocycles. The van der Waals surface area contributed by atoms with Gasteiger partial charge in [0.25, 0.3) is 0 Å². The Morgan fingerprint density at radius 3 is 2.94 bits per heavy atom. The number of hydrogen-bond acceptors (Lipinski definition) is 6. The molecule has 0 saturated heterocycles. The summed E-state index contributed by atoms with van der Waals surface area (Å²) in [7, 11) is 1.69. The average molecular weight is 437 g/mol. The molecule has 31 heavy (non-hydrogen) atoms. The van der Waals surface area contributed by atoms with Gasteiger partial charge < -0.3 is 14.6 Å². The summed E-state index contributed by atoms with van der Waals surface area (Å²) < 4.78 is 17.3. The predicted molar refractivity (Wildman–Crippen MR) is 115 cm³/mol. The molecule has 0 spiro atoms. The van der Waals surface area contributed by atoms with Crippen LogP contribution >= 0.6 is 11.6 Å². The second kappa shape index (κ2) is 7.33. The van der Waals surface area contributed by atoms with Crippen molar-refractivity contribution in [2.45, 2.75) is 0 Å². The first-order valence-electron chi connectivity index (χ1n) is 9.11. The Bertz CT molecular complexity index is 1430. The lowest BCUT2D eigenvalue weighted by Gasteiger charge is -2.21. The van der Waals surface area contributed by atoms with Crippen LogP contribution in [0.1, 0.15) is 0 Å². The highest BCUT2D eigenvalue weighted by molar-refractivity contribution is 6.36. The van der Waals surface area contributed by atoms with Crippen LogP contribution in [0.5, 0.6) is 0 Å². The number of carbonyl (C=O) groups excluding carboxylic acids is 1. The van der Waals surface area contributed by atoms with E-state index < -0.39 is 5.82 Å².